The van der Waals surface area contributed by atoms with Crippen LogP contribution in [-0.2, 0) is 11.3 Å². The van der Waals surface area contributed by atoms with Gasteiger partial charge in [-0.3, -0.25) is 14.9 Å². The lowest BCUT2D eigenvalue weighted by atomic mass is 10.2. The van der Waals surface area contributed by atoms with Crippen molar-refractivity contribution in [3.63, 3.8) is 0 Å². The first-order valence-electron chi connectivity index (χ1n) is 10.2. The van der Waals surface area contributed by atoms with Gasteiger partial charge in [-0.1, -0.05) is 31.2 Å². The Bertz CT molecular complexity index is 1100. The number of nitrogens with one attached hydrogen (secondary N) is 1. The Morgan fingerprint density at radius 3 is 2.62 bits per heavy atom. The van der Waals surface area contributed by atoms with Crippen LogP contribution in [0.1, 0.15) is 25.3 Å². The maximum absolute atomic E-state index is 12.5. The van der Waals surface area contributed by atoms with Crippen LogP contribution in [0.15, 0.2) is 47.6 Å². The minimum absolute atomic E-state index is 0.0535. The second kappa shape index (κ2) is 10.8. The summed E-state index contributed by atoms with van der Waals surface area (Å²) in [5.74, 6) is 1.18. The molecule has 0 fully saturated rings. The zero-order valence-electron chi connectivity index (χ0n) is 18.2. The number of benzene rings is 2. The average molecular weight is 456 g/mol. The summed E-state index contributed by atoms with van der Waals surface area (Å²) in [4.78, 5) is 23.3. The van der Waals surface area contributed by atoms with E-state index in [1.54, 1.807) is 26.2 Å². The number of hydrogen-bond acceptors (Lipinski definition) is 7. The number of nitrogens with zero attached hydrogens (tertiary/aromatic N) is 4. The highest BCUT2D eigenvalue weighted by Gasteiger charge is 2.18. The van der Waals surface area contributed by atoms with Crippen LogP contribution in [0.4, 0.5) is 11.4 Å². The lowest BCUT2D eigenvalue weighted by molar-refractivity contribution is -0.384. The van der Waals surface area contributed by atoms with Crippen molar-refractivity contribution in [1.82, 2.24) is 14.8 Å². The standard InChI is InChI=1S/C22H25N5O4S/c1-4-5-12-26-21(16-7-9-17(31-3)10-8-16)24-25-22(26)32-14-20(28)23-18-11-6-15(2)13-19(18)27(29)30/h6-11,13H,4-5,12,14H2,1-3H3,(H,23,28). The maximum atomic E-state index is 12.5. The van der Waals surface area contributed by atoms with Gasteiger partial charge in [-0.25, -0.2) is 0 Å². The number of amides is 1. The van der Waals surface area contributed by atoms with Gasteiger partial charge < -0.3 is 14.6 Å². The van der Waals surface area contributed by atoms with Gasteiger partial charge in [-0.2, -0.15) is 0 Å². The van der Waals surface area contributed by atoms with E-state index in [1.807, 2.05) is 28.8 Å². The third kappa shape index (κ3) is 5.64. The SMILES string of the molecule is CCCCn1c(SCC(=O)Nc2ccc(C)cc2[N+](=O)[O-])nnc1-c1ccc(OC)cc1. The fourth-order valence-electron chi connectivity index (χ4n) is 3.08. The number of ether oxygens (including phenoxy) is 1. The van der Waals surface area contributed by atoms with E-state index in [-0.39, 0.29) is 23.0 Å². The third-order valence-electron chi connectivity index (χ3n) is 4.76. The molecule has 2 aromatic carbocycles. The Kier molecular flexibility index (Phi) is 7.82. The second-order valence-electron chi connectivity index (χ2n) is 7.15. The molecule has 0 atom stereocenters. The Hall–Kier alpha value is -3.40. The molecule has 3 aromatic rings. The monoisotopic (exact) mass is 455 g/mol. The van der Waals surface area contributed by atoms with Crippen molar-refractivity contribution in [3.05, 3.63) is 58.1 Å². The Labute approximate surface area is 190 Å². The normalized spacial score (nSPS) is 10.7. The van der Waals surface area contributed by atoms with E-state index < -0.39 is 4.92 Å². The van der Waals surface area contributed by atoms with Crippen molar-refractivity contribution >= 4 is 29.0 Å². The number of hydrogen-bond donors (Lipinski definition) is 1. The molecule has 0 aliphatic rings. The molecule has 0 bridgehead atoms. The summed E-state index contributed by atoms with van der Waals surface area (Å²) in [6, 6.07) is 12.3. The number of carbonyl (C=O) groups is 1. The molecule has 0 saturated heterocycles. The molecule has 0 aliphatic heterocycles. The van der Waals surface area contributed by atoms with E-state index in [0.717, 1.165) is 42.1 Å². The number of methoxy groups -OCH3 is 1. The first kappa shape index (κ1) is 23.3. The summed E-state index contributed by atoms with van der Waals surface area (Å²) < 4.78 is 7.21. The van der Waals surface area contributed by atoms with Gasteiger partial charge in [0.25, 0.3) is 5.69 Å². The molecule has 0 aliphatic carbocycles. The first-order valence-corrected chi connectivity index (χ1v) is 11.2. The zero-order valence-corrected chi connectivity index (χ0v) is 19.0. The summed E-state index contributed by atoms with van der Waals surface area (Å²) in [6.07, 6.45) is 1.94. The molecule has 1 heterocycles. The number of carbonyl (C=O) groups excluding carboxylic acids is 1. The quantitative estimate of drug-likeness (QED) is 0.268. The van der Waals surface area contributed by atoms with Crippen molar-refractivity contribution in [2.24, 2.45) is 0 Å². The van der Waals surface area contributed by atoms with Crippen LogP contribution in [0.25, 0.3) is 11.4 Å². The molecular weight excluding hydrogens is 430 g/mol. The van der Waals surface area contributed by atoms with Crippen LogP contribution >= 0.6 is 11.8 Å². The third-order valence-corrected chi connectivity index (χ3v) is 5.72. The van der Waals surface area contributed by atoms with E-state index >= 15 is 0 Å². The van der Waals surface area contributed by atoms with E-state index in [9.17, 15) is 14.9 Å². The highest BCUT2D eigenvalue weighted by atomic mass is 32.2. The lowest BCUT2D eigenvalue weighted by Gasteiger charge is -2.10. The van der Waals surface area contributed by atoms with Crippen LogP contribution in [-0.4, -0.2) is 38.5 Å². The molecule has 32 heavy (non-hydrogen) atoms. The van der Waals surface area contributed by atoms with Crippen LogP contribution in [0, 0.1) is 17.0 Å². The summed E-state index contributed by atoms with van der Waals surface area (Å²) in [7, 11) is 1.61. The molecule has 3 rings (SSSR count). The largest absolute Gasteiger partial charge is 0.497 e. The van der Waals surface area contributed by atoms with Gasteiger partial charge >= 0.3 is 0 Å². The van der Waals surface area contributed by atoms with Gasteiger partial charge in [-0.05, 0) is 49.2 Å². The van der Waals surface area contributed by atoms with Gasteiger partial charge in [0.1, 0.15) is 11.4 Å². The van der Waals surface area contributed by atoms with Gasteiger partial charge in [0, 0.05) is 18.2 Å². The Morgan fingerprint density at radius 1 is 1.22 bits per heavy atom. The number of rotatable bonds is 10. The van der Waals surface area contributed by atoms with Gasteiger partial charge in [0.2, 0.25) is 5.91 Å². The highest BCUT2D eigenvalue weighted by Crippen LogP contribution is 2.28. The molecule has 0 saturated carbocycles. The van der Waals surface area contributed by atoms with Crippen LogP contribution in [0.3, 0.4) is 0 Å². The van der Waals surface area contributed by atoms with Crippen LogP contribution < -0.4 is 10.1 Å². The van der Waals surface area contributed by atoms with Crippen molar-refractivity contribution in [3.8, 4) is 17.1 Å². The molecular formula is C22H25N5O4S. The molecule has 1 aromatic heterocycles. The number of unbranched alkanes of at least 4 members (excludes halogenated alkanes) is 1. The minimum Gasteiger partial charge on any atom is -0.497 e. The average Bonchev–Trinajstić information content (AvgIpc) is 3.20. The summed E-state index contributed by atoms with van der Waals surface area (Å²) in [6.45, 7) is 4.59. The van der Waals surface area contributed by atoms with E-state index in [4.69, 9.17) is 4.74 Å². The summed E-state index contributed by atoms with van der Waals surface area (Å²) in [5, 5.41) is 23.1. The molecule has 0 radical (unpaired) electrons. The van der Waals surface area contributed by atoms with E-state index in [2.05, 4.69) is 22.4 Å². The van der Waals surface area contributed by atoms with Gasteiger partial charge in [0.15, 0.2) is 11.0 Å². The lowest BCUT2D eigenvalue weighted by Crippen LogP contribution is -2.16. The van der Waals surface area contributed by atoms with Crippen LogP contribution in [0.5, 0.6) is 5.75 Å². The molecule has 168 valence electrons. The van der Waals surface area contributed by atoms with E-state index in [0.29, 0.717) is 5.16 Å². The van der Waals surface area contributed by atoms with Gasteiger partial charge in [-0.15, -0.1) is 10.2 Å². The molecule has 10 heteroatoms. The van der Waals surface area contributed by atoms with Crippen molar-refractivity contribution < 1.29 is 14.5 Å². The Balaban J connectivity index is 1.75. The number of anilines is 1. The van der Waals surface area contributed by atoms with Crippen molar-refractivity contribution in [2.45, 2.75) is 38.4 Å². The van der Waals surface area contributed by atoms with Crippen LogP contribution in [0.2, 0.25) is 0 Å². The molecule has 1 N–H and O–H groups in total. The molecule has 9 nitrogen and oxygen atoms in total. The zero-order chi connectivity index (χ0) is 23.1. The van der Waals surface area contributed by atoms with Gasteiger partial charge in [0.05, 0.1) is 17.8 Å². The molecule has 0 unspecified atom stereocenters. The maximum Gasteiger partial charge on any atom is 0.293 e. The highest BCUT2D eigenvalue weighted by molar-refractivity contribution is 7.99. The molecule has 0 spiro atoms. The van der Waals surface area contributed by atoms with E-state index in [1.165, 1.54) is 17.8 Å². The fourth-order valence-corrected chi connectivity index (χ4v) is 3.85. The van der Waals surface area contributed by atoms with Crippen molar-refractivity contribution in [1.29, 1.82) is 0 Å². The number of aryl methyl sites for hydroxylation is 1. The minimum atomic E-state index is -0.502. The summed E-state index contributed by atoms with van der Waals surface area (Å²) >= 11 is 1.25. The summed E-state index contributed by atoms with van der Waals surface area (Å²) in [5.41, 5.74) is 1.70. The number of thioether (sulfide) groups is 1. The smallest absolute Gasteiger partial charge is 0.293 e. The number of nitro benzene ring substituents is 1. The van der Waals surface area contributed by atoms with Crippen molar-refractivity contribution in [2.75, 3.05) is 18.2 Å². The predicted octanol–water partition coefficient (Wildman–Crippen LogP) is 4.70. The Morgan fingerprint density at radius 2 is 1.97 bits per heavy atom. The predicted molar refractivity (Wildman–Crippen MR) is 124 cm³/mol. The molecule has 1 amide bonds. The fraction of sp³-hybridized carbons (Fsp3) is 0.318. The number of aromatic nitrogens is 3. The number of nitro groups is 1. The first-order chi connectivity index (χ1) is 15.4. The second-order valence-corrected chi connectivity index (χ2v) is 8.10. The topological polar surface area (TPSA) is 112 Å².